The normalized spacial score (nSPS) is 31.8. The Labute approximate surface area is 91.5 Å². The maximum absolute atomic E-state index is 8.56. The molecule has 0 aromatic carbocycles. The van der Waals surface area contributed by atoms with E-state index in [4.69, 9.17) is 20.0 Å². The number of ether oxygens (including phenoxy) is 2. The summed E-state index contributed by atoms with van der Waals surface area (Å²) < 4.78 is 10.8. The van der Waals surface area contributed by atoms with E-state index in [-0.39, 0.29) is 17.6 Å². The lowest BCUT2D eigenvalue weighted by atomic mass is 10.2. The average Bonchev–Trinajstić information content (AvgIpc) is 2.18. The molecule has 0 N–H and O–H groups in total. The zero-order valence-corrected chi connectivity index (χ0v) is 9.31. The van der Waals surface area contributed by atoms with Crippen molar-refractivity contribution >= 4 is 23.5 Å². The maximum Gasteiger partial charge on any atom is 0.155 e. The SMILES string of the molecule is CC1OC[C@@H](SC#N)[C@@H](CSC#N)O1. The van der Waals surface area contributed by atoms with Crippen molar-refractivity contribution in [1.29, 1.82) is 10.5 Å². The fourth-order valence-corrected chi connectivity index (χ4v) is 2.42. The molecular weight excluding hydrogens is 220 g/mol. The maximum atomic E-state index is 8.56. The third-order valence-corrected chi connectivity index (χ3v) is 3.26. The molecule has 1 aliphatic heterocycles. The molecule has 1 saturated heterocycles. The Kier molecular flexibility index (Phi) is 5.13. The third-order valence-electron chi connectivity index (χ3n) is 1.79. The van der Waals surface area contributed by atoms with Crippen LogP contribution in [-0.2, 0) is 9.47 Å². The number of rotatable bonds is 3. The first-order valence-corrected chi connectivity index (χ1v) is 5.97. The van der Waals surface area contributed by atoms with E-state index in [9.17, 15) is 0 Å². The van der Waals surface area contributed by atoms with Gasteiger partial charge in [0.1, 0.15) is 10.8 Å². The number of hydrogen-bond donors (Lipinski definition) is 0. The topological polar surface area (TPSA) is 66.0 Å². The Morgan fingerprint density at radius 1 is 1.43 bits per heavy atom. The van der Waals surface area contributed by atoms with Crippen LogP contribution in [0.25, 0.3) is 0 Å². The van der Waals surface area contributed by atoms with Gasteiger partial charge in [-0.15, -0.1) is 0 Å². The summed E-state index contributed by atoms with van der Waals surface area (Å²) in [7, 11) is 0. The second kappa shape index (κ2) is 6.15. The molecule has 14 heavy (non-hydrogen) atoms. The van der Waals surface area contributed by atoms with Gasteiger partial charge in [0, 0.05) is 5.75 Å². The molecule has 1 unspecified atom stereocenters. The quantitative estimate of drug-likeness (QED) is 0.685. The molecule has 1 rings (SSSR count). The highest BCUT2D eigenvalue weighted by Crippen LogP contribution is 2.25. The molecule has 0 spiro atoms. The van der Waals surface area contributed by atoms with Crippen LogP contribution in [0, 0.1) is 21.3 Å². The second-order valence-corrected chi connectivity index (χ2v) is 4.55. The summed E-state index contributed by atoms with van der Waals surface area (Å²) in [5.41, 5.74) is 0. The first kappa shape index (κ1) is 11.7. The molecule has 1 fully saturated rings. The van der Waals surface area contributed by atoms with Gasteiger partial charge < -0.3 is 9.47 Å². The first-order chi connectivity index (χ1) is 6.77. The lowest BCUT2D eigenvalue weighted by Gasteiger charge is -2.32. The minimum Gasteiger partial charge on any atom is -0.352 e. The van der Waals surface area contributed by atoms with Gasteiger partial charge in [-0.25, -0.2) is 0 Å². The molecule has 0 amide bonds. The van der Waals surface area contributed by atoms with Crippen molar-refractivity contribution in [2.45, 2.75) is 24.6 Å². The van der Waals surface area contributed by atoms with Crippen molar-refractivity contribution in [3.05, 3.63) is 0 Å². The number of thioether (sulfide) groups is 2. The Bertz CT molecular complexity index is 261. The number of nitriles is 2. The zero-order chi connectivity index (χ0) is 10.4. The molecule has 0 aliphatic carbocycles. The van der Waals surface area contributed by atoms with Gasteiger partial charge in [-0.3, -0.25) is 0 Å². The van der Waals surface area contributed by atoms with Gasteiger partial charge in [0.05, 0.1) is 18.0 Å². The van der Waals surface area contributed by atoms with Crippen molar-refractivity contribution in [2.24, 2.45) is 0 Å². The molecule has 0 saturated carbocycles. The van der Waals surface area contributed by atoms with E-state index in [1.54, 1.807) is 0 Å². The minimum absolute atomic E-state index is 0.0112. The molecular formula is C8H10N2O2S2. The Hall–Kier alpha value is -0.400. The van der Waals surface area contributed by atoms with Crippen molar-refractivity contribution in [2.75, 3.05) is 12.4 Å². The molecule has 0 aromatic heterocycles. The van der Waals surface area contributed by atoms with Gasteiger partial charge in [0.2, 0.25) is 0 Å². The molecule has 0 bridgehead atoms. The van der Waals surface area contributed by atoms with Gasteiger partial charge >= 0.3 is 0 Å². The molecule has 0 aromatic rings. The molecule has 3 atom stereocenters. The van der Waals surface area contributed by atoms with E-state index in [0.717, 1.165) is 23.5 Å². The second-order valence-electron chi connectivity index (χ2n) is 2.73. The Morgan fingerprint density at radius 2 is 2.21 bits per heavy atom. The van der Waals surface area contributed by atoms with Crippen LogP contribution in [0.3, 0.4) is 0 Å². The lowest BCUT2D eigenvalue weighted by molar-refractivity contribution is -0.192. The molecule has 6 heteroatoms. The fourth-order valence-electron chi connectivity index (χ4n) is 1.15. The van der Waals surface area contributed by atoms with Gasteiger partial charge in [-0.05, 0) is 30.4 Å². The lowest BCUT2D eigenvalue weighted by Crippen LogP contribution is -2.42. The fraction of sp³-hybridized carbons (Fsp3) is 0.750. The van der Waals surface area contributed by atoms with E-state index >= 15 is 0 Å². The van der Waals surface area contributed by atoms with Crippen LogP contribution in [-0.4, -0.2) is 30.0 Å². The summed E-state index contributed by atoms with van der Waals surface area (Å²) in [4.78, 5) is 0. The smallest absolute Gasteiger partial charge is 0.155 e. The van der Waals surface area contributed by atoms with Crippen LogP contribution in [0.5, 0.6) is 0 Å². The Balaban J connectivity index is 2.47. The van der Waals surface area contributed by atoms with Crippen molar-refractivity contribution in [1.82, 2.24) is 0 Å². The molecule has 76 valence electrons. The third kappa shape index (κ3) is 3.39. The number of nitrogens with zero attached hydrogens (tertiary/aromatic N) is 2. The predicted molar refractivity (Wildman–Crippen MR) is 55.4 cm³/mol. The molecule has 0 radical (unpaired) electrons. The van der Waals surface area contributed by atoms with E-state index in [1.807, 2.05) is 17.7 Å². The number of hydrogen-bond acceptors (Lipinski definition) is 6. The van der Waals surface area contributed by atoms with Crippen LogP contribution in [0.15, 0.2) is 0 Å². The first-order valence-electron chi connectivity index (χ1n) is 4.10. The van der Waals surface area contributed by atoms with Crippen molar-refractivity contribution in [3.63, 3.8) is 0 Å². The average molecular weight is 230 g/mol. The van der Waals surface area contributed by atoms with Crippen molar-refractivity contribution < 1.29 is 9.47 Å². The highest BCUT2D eigenvalue weighted by molar-refractivity contribution is 8.05. The highest BCUT2D eigenvalue weighted by Gasteiger charge is 2.30. The number of thiocyanates is 2. The molecule has 4 nitrogen and oxygen atoms in total. The van der Waals surface area contributed by atoms with Crippen molar-refractivity contribution in [3.8, 4) is 10.8 Å². The van der Waals surface area contributed by atoms with Crippen LogP contribution in [0.1, 0.15) is 6.92 Å². The van der Waals surface area contributed by atoms with Crippen LogP contribution in [0.4, 0.5) is 0 Å². The summed E-state index contributed by atoms with van der Waals surface area (Å²) in [6, 6.07) is 0. The van der Waals surface area contributed by atoms with Crippen LogP contribution >= 0.6 is 23.5 Å². The molecule has 1 heterocycles. The monoisotopic (exact) mass is 230 g/mol. The summed E-state index contributed by atoms with van der Waals surface area (Å²) >= 11 is 2.29. The predicted octanol–water partition coefficient (Wildman–Crippen LogP) is 1.54. The largest absolute Gasteiger partial charge is 0.352 e. The minimum atomic E-state index is -0.241. The van der Waals surface area contributed by atoms with Gasteiger partial charge in [-0.2, -0.15) is 10.5 Å². The van der Waals surface area contributed by atoms with Crippen LogP contribution < -0.4 is 0 Å². The summed E-state index contributed by atoms with van der Waals surface area (Å²) in [6.45, 7) is 2.33. The standard InChI is InChI=1S/C8H10N2O2S2/c1-6-11-2-8(14-5-10)7(12-6)3-13-4-9/h6-8H,2-3H2,1H3/t6?,7-,8-/m1/s1. The highest BCUT2D eigenvalue weighted by atomic mass is 32.2. The van der Waals surface area contributed by atoms with Gasteiger partial charge in [0.25, 0.3) is 0 Å². The molecule has 1 aliphatic rings. The van der Waals surface area contributed by atoms with E-state index in [0.29, 0.717) is 12.4 Å². The summed E-state index contributed by atoms with van der Waals surface area (Å²) in [6.07, 6.45) is -0.317. The van der Waals surface area contributed by atoms with Gasteiger partial charge in [-0.1, -0.05) is 0 Å². The van der Waals surface area contributed by atoms with E-state index in [1.165, 1.54) is 0 Å². The zero-order valence-electron chi connectivity index (χ0n) is 7.67. The van der Waals surface area contributed by atoms with Crippen LogP contribution in [0.2, 0.25) is 0 Å². The summed E-state index contributed by atoms with van der Waals surface area (Å²) in [5, 5.41) is 21.0. The van der Waals surface area contributed by atoms with E-state index in [2.05, 4.69) is 0 Å². The van der Waals surface area contributed by atoms with Gasteiger partial charge in [0.15, 0.2) is 6.29 Å². The summed E-state index contributed by atoms with van der Waals surface area (Å²) in [5.74, 6) is 0.587. The Morgan fingerprint density at radius 3 is 2.86 bits per heavy atom. The van der Waals surface area contributed by atoms with E-state index < -0.39 is 0 Å².